The van der Waals surface area contributed by atoms with Gasteiger partial charge in [-0.05, 0) is 37.1 Å². The first kappa shape index (κ1) is 16.2. The summed E-state index contributed by atoms with van der Waals surface area (Å²) in [5.41, 5.74) is 3.38. The molecule has 0 amide bonds. The van der Waals surface area contributed by atoms with E-state index in [4.69, 9.17) is 0 Å². The average molecular weight is 354 g/mol. The zero-order valence-corrected chi connectivity index (χ0v) is 15.4. The molecule has 3 aromatic heterocycles. The molecule has 0 aromatic carbocycles. The number of nitrogens with one attached hydrogen (secondary N) is 1. The Morgan fingerprint density at radius 2 is 1.96 bits per heavy atom. The van der Waals surface area contributed by atoms with Crippen LogP contribution >= 0.6 is 11.3 Å². The maximum atomic E-state index is 4.47. The van der Waals surface area contributed by atoms with Crippen molar-refractivity contribution < 1.29 is 0 Å². The van der Waals surface area contributed by atoms with Gasteiger partial charge >= 0.3 is 0 Å². The number of thiophene rings is 1. The molecule has 0 unspecified atom stereocenters. The monoisotopic (exact) mass is 354 g/mol. The zero-order valence-electron chi connectivity index (χ0n) is 14.6. The molecule has 4 heterocycles. The first-order valence-electron chi connectivity index (χ1n) is 8.75. The minimum Gasteiger partial charge on any atom is -0.366 e. The molecule has 1 aliphatic heterocycles. The van der Waals surface area contributed by atoms with Crippen LogP contribution in [0.4, 0.5) is 11.6 Å². The lowest BCUT2D eigenvalue weighted by Crippen LogP contribution is -2.39. The van der Waals surface area contributed by atoms with Crippen LogP contribution < -0.4 is 10.2 Å². The summed E-state index contributed by atoms with van der Waals surface area (Å²) in [6.07, 6.45) is 6.42. The lowest BCUT2D eigenvalue weighted by atomic mass is 10.0. The van der Waals surface area contributed by atoms with Crippen molar-refractivity contribution in [1.29, 1.82) is 0 Å². The van der Waals surface area contributed by atoms with Crippen molar-refractivity contribution in [2.75, 3.05) is 23.3 Å². The maximum absolute atomic E-state index is 4.47. The quantitative estimate of drug-likeness (QED) is 0.774. The third-order valence-corrected chi connectivity index (χ3v) is 5.86. The Kier molecular flexibility index (Phi) is 4.48. The van der Waals surface area contributed by atoms with Gasteiger partial charge in [0, 0.05) is 30.9 Å². The van der Waals surface area contributed by atoms with Crippen LogP contribution in [0.5, 0.6) is 0 Å². The van der Waals surface area contributed by atoms with Crippen LogP contribution in [0.3, 0.4) is 0 Å². The van der Waals surface area contributed by atoms with E-state index < -0.39 is 0 Å². The fourth-order valence-corrected chi connectivity index (χ4v) is 4.23. The number of aryl methyl sites for hydroxylation is 2. The van der Waals surface area contributed by atoms with Gasteiger partial charge in [-0.1, -0.05) is 6.92 Å². The van der Waals surface area contributed by atoms with Gasteiger partial charge < -0.3 is 10.2 Å². The van der Waals surface area contributed by atoms with Crippen LogP contribution in [-0.2, 0) is 6.42 Å². The highest BCUT2D eigenvalue weighted by atomic mass is 32.1. The van der Waals surface area contributed by atoms with Crippen LogP contribution in [0.15, 0.2) is 24.1 Å². The van der Waals surface area contributed by atoms with Crippen LogP contribution in [0.1, 0.15) is 31.0 Å². The Bertz CT molecular complexity index is 869. The smallest absolute Gasteiger partial charge is 0.147 e. The minimum atomic E-state index is 0.434. The molecule has 130 valence electrons. The summed E-state index contributed by atoms with van der Waals surface area (Å²) >= 11 is 1.72. The van der Waals surface area contributed by atoms with Crippen molar-refractivity contribution >= 4 is 33.2 Å². The summed E-state index contributed by atoms with van der Waals surface area (Å²) in [6, 6.07) is 2.54. The first-order chi connectivity index (χ1) is 12.2. The van der Waals surface area contributed by atoms with Gasteiger partial charge in [-0.2, -0.15) is 0 Å². The van der Waals surface area contributed by atoms with Crippen molar-refractivity contribution in [3.63, 3.8) is 0 Å². The molecular weight excluding hydrogens is 332 g/mol. The van der Waals surface area contributed by atoms with Gasteiger partial charge in [-0.3, -0.25) is 0 Å². The second-order valence-electron chi connectivity index (χ2n) is 6.45. The van der Waals surface area contributed by atoms with Gasteiger partial charge in [0.1, 0.15) is 24.3 Å². The van der Waals surface area contributed by atoms with Crippen molar-refractivity contribution in [3.8, 4) is 0 Å². The van der Waals surface area contributed by atoms with E-state index in [1.165, 1.54) is 5.56 Å². The van der Waals surface area contributed by atoms with E-state index in [1.807, 2.05) is 0 Å². The normalized spacial score (nSPS) is 15.7. The van der Waals surface area contributed by atoms with Gasteiger partial charge in [0.15, 0.2) is 0 Å². The minimum absolute atomic E-state index is 0.434. The molecular formula is C18H22N6S. The third-order valence-electron chi connectivity index (χ3n) is 4.76. The highest BCUT2D eigenvalue weighted by Gasteiger charge is 2.21. The van der Waals surface area contributed by atoms with E-state index in [2.05, 4.69) is 55.4 Å². The third kappa shape index (κ3) is 3.28. The van der Waals surface area contributed by atoms with E-state index in [-0.39, 0.29) is 0 Å². The molecule has 4 rings (SSSR count). The molecule has 0 spiro atoms. The molecule has 0 aliphatic carbocycles. The zero-order chi connectivity index (χ0) is 17.2. The van der Waals surface area contributed by atoms with Crippen molar-refractivity contribution in [1.82, 2.24) is 19.9 Å². The standard InChI is InChI=1S/C18H22N6S/c1-3-13-8-15(20-10-19-13)24-6-4-14(5-7-24)23-18-17-16(21-11-22-18)12(2)9-25-17/h8-11,14H,3-7H2,1-2H3,(H,21,22,23). The van der Waals surface area contributed by atoms with Crippen molar-refractivity contribution in [2.45, 2.75) is 39.2 Å². The predicted octanol–water partition coefficient (Wildman–Crippen LogP) is 3.43. The van der Waals surface area contributed by atoms with E-state index >= 15 is 0 Å². The number of hydrogen-bond acceptors (Lipinski definition) is 7. The number of aromatic nitrogens is 4. The summed E-state index contributed by atoms with van der Waals surface area (Å²) in [7, 11) is 0. The average Bonchev–Trinajstić information content (AvgIpc) is 3.05. The molecule has 0 bridgehead atoms. The second kappa shape index (κ2) is 6.92. The topological polar surface area (TPSA) is 66.8 Å². The molecule has 1 fully saturated rings. The highest BCUT2D eigenvalue weighted by Crippen LogP contribution is 2.30. The van der Waals surface area contributed by atoms with Crippen LogP contribution in [0.25, 0.3) is 10.2 Å². The Morgan fingerprint density at radius 3 is 2.76 bits per heavy atom. The Labute approximate surface area is 151 Å². The molecule has 0 radical (unpaired) electrons. The van der Waals surface area contributed by atoms with Gasteiger partial charge in [0.2, 0.25) is 0 Å². The summed E-state index contributed by atoms with van der Waals surface area (Å²) in [4.78, 5) is 19.9. The maximum Gasteiger partial charge on any atom is 0.147 e. The fourth-order valence-electron chi connectivity index (χ4n) is 3.27. The first-order valence-corrected chi connectivity index (χ1v) is 9.63. The van der Waals surface area contributed by atoms with Gasteiger partial charge in [-0.15, -0.1) is 11.3 Å². The molecule has 7 heteroatoms. The Morgan fingerprint density at radius 1 is 1.16 bits per heavy atom. The molecule has 0 atom stereocenters. The molecule has 25 heavy (non-hydrogen) atoms. The fraction of sp³-hybridized carbons (Fsp3) is 0.444. The number of rotatable bonds is 4. The molecule has 6 nitrogen and oxygen atoms in total. The lowest BCUT2D eigenvalue weighted by Gasteiger charge is -2.33. The molecule has 0 saturated carbocycles. The van der Waals surface area contributed by atoms with Crippen LogP contribution in [-0.4, -0.2) is 39.1 Å². The number of nitrogens with zero attached hydrogens (tertiary/aromatic N) is 5. The summed E-state index contributed by atoms with van der Waals surface area (Å²) in [6.45, 7) is 6.21. The SMILES string of the molecule is CCc1cc(N2CCC(Nc3ncnc4c(C)csc34)CC2)ncn1. The van der Waals surface area contributed by atoms with E-state index in [0.29, 0.717) is 6.04 Å². The molecule has 1 N–H and O–H groups in total. The molecule has 1 saturated heterocycles. The number of hydrogen-bond donors (Lipinski definition) is 1. The van der Waals surface area contributed by atoms with Crippen LogP contribution in [0, 0.1) is 6.92 Å². The van der Waals surface area contributed by atoms with E-state index in [0.717, 1.165) is 59.9 Å². The lowest BCUT2D eigenvalue weighted by molar-refractivity contribution is 0.522. The highest BCUT2D eigenvalue weighted by molar-refractivity contribution is 7.18. The van der Waals surface area contributed by atoms with E-state index in [1.54, 1.807) is 24.0 Å². The summed E-state index contributed by atoms with van der Waals surface area (Å²) < 4.78 is 1.16. The van der Waals surface area contributed by atoms with Crippen molar-refractivity contribution in [2.24, 2.45) is 0 Å². The number of piperidine rings is 1. The summed E-state index contributed by atoms with van der Waals surface area (Å²) in [5, 5.41) is 5.78. The van der Waals surface area contributed by atoms with Gasteiger partial charge in [0.25, 0.3) is 0 Å². The molecule has 3 aromatic rings. The largest absolute Gasteiger partial charge is 0.366 e. The second-order valence-corrected chi connectivity index (χ2v) is 7.33. The number of anilines is 2. The van der Waals surface area contributed by atoms with Gasteiger partial charge in [-0.25, -0.2) is 19.9 Å². The van der Waals surface area contributed by atoms with Crippen LogP contribution in [0.2, 0.25) is 0 Å². The number of fused-ring (bicyclic) bond motifs is 1. The van der Waals surface area contributed by atoms with Gasteiger partial charge in [0.05, 0.1) is 10.2 Å². The molecule has 1 aliphatic rings. The Hall–Kier alpha value is -2.28. The summed E-state index contributed by atoms with van der Waals surface area (Å²) in [5.74, 6) is 2.01. The Balaban J connectivity index is 1.43. The van der Waals surface area contributed by atoms with E-state index in [9.17, 15) is 0 Å². The van der Waals surface area contributed by atoms with Crippen molar-refractivity contribution in [3.05, 3.63) is 35.4 Å². The predicted molar refractivity (Wildman–Crippen MR) is 102 cm³/mol.